The fourth-order valence-corrected chi connectivity index (χ4v) is 3.42. The average molecular weight is 297 g/mol. The molecule has 1 saturated carbocycles. The lowest BCUT2D eigenvalue weighted by molar-refractivity contribution is -0.380. The van der Waals surface area contributed by atoms with Gasteiger partial charge in [-0.2, -0.15) is 0 Å². The normalized spacial score (nSPS) is 17.6. The van der Waals surface area contributed by atoms with Crippen molar-refractivity contribution >= 4 is 22.2 Å². The first kappa shape index (κ1) is 14.9. The van der Waals surface area contributed by atoms with Gasteiger partial charge in [0.2, 0.25) is 0 Å². The van der Waals surface area contributed by atoms with Crippen LogP contribution in [-0.2, 0) is 0 Å². The molecule has 1 amide bonds. The molecule has 1 aliphatic rings. The first-order valence-corrected chi connectivity index (χ1v) is 7.68. The van der Waals surface area contributed by atoms with Crippen LogP contribution in [0.5, 0.6) is 0 Å². The van der Waals surface area contributed by atoms with Gasteiger partial charge in [0.25, 0.3) is 5.91 Å². The van der Waals surface area contributed by atoms with Crippen molar-refractivity contribution in [3.8, 4) is 0 Å². The number of hydrogen-bond acceptors (Lipinski definition) is 5. The van der Waals surface area contributed by atoms with Gasteiger partial charge in [-0.1, -0.05) is 30.6 Å². The van der Waals surface area contributed by atoms with Crippen LogP contribution in [0.1, 0.15) is 41.8 Å². The van der Waals surface area contributed by atoms with Crippen LogP contribution in [0, 0.1) is 16.0 Å². The van der Waals surface area contributed by atoms with Crippen LogP contribution in [0.2, 0.25) is 0 Å². The number of thiophene rings is 1. The zero-order valence-corrected chi connectivity index (χ0v) is 12.0. The fraction of sp³-hybridized carbons (Fsp3) is 0.615. The summed E-state index contributed by atoms with van der Waals surface area (Å²) in [6.07, 6.45) is 5.79. The topological polar surface area (TPSA) is 98.3 Å². The second-order valence-electron chi connectivity index (χ2n) is 5.11. The van der Waals surface area contributed by atoms with Gasteiger partial charge in [-0.25, -0.2) is 0 Å². The molecule has 1 unspecified atom stereocenters. The van der Waals surface area contributed by atoms with Crippen LogP contribution >= 0.6 is 11.3 Å². The number of amides is 1. The third-order valence-corrected chi connectivity index (χ3v) is 4.82. The van der Waals surface area contributed by atoms with Gasteiger partial charge in [0, 0.05) is 18.7 Å². The Morgan fingerprint density at radius 2 is 2.15 bits per heavy atom. The van der Waals surface area contributed by atoms with E-state index in [-0.39, 0.29) is 17.0 Å². The van der Waals surface area contributed by atoms with Crippen molar-refractivity contribution in [1.82, 2.24) is 5.32 Å². The molecule has 0 radical (unpaired) electrons. The van der Waals surface area contributed by atoms with Crippen molar-refractivity contribution in [2.45, 2.75) is 38.1 Å². The molecule has 2 rings (SSSR count). The minimum absolute atomic E-state index is 0.0166. The van der Waals surface area contributed by atoms with E-state index in [1.165, 1.54) is 31.4 Å². The summed E-state index contributed by atoms with van der Waals surface area (Å²) >= 11 is 0.896. The molecule has 1 aromatic rings. The van der Waals surface area contributed by atoms with E-state index in [0.717, 1.165) is 24.2 Å². The van der Waals surface area contributed by atoms with Crippen LogP contribution in [0.3, 0.4) is 0 Å². The van der Waals surface area contributed by atoms with E-state index in [9.17, 15) is 14.9 Å². The van der Waals surface area contributed by atoms with Crippen LogP contribution in [-0.4, -0.2) is 23.4 Å². The van der Waals surface area contributed by atoms with Crippen molar-refractivity contribution in [3.05, 3.63) is 27.1 Å². The van der Waals surface area contributed by atoms with Crippen molar-refractivity contribution in [3.63, 3.8) is 0 Å². The van der Waals surface area contributed by atoms with E-state index in [2.05, 4.69) is 5.32 Å². The molecule has 1 aliphatic carbocycles. The van der Waals surface area contributed by atoms with Gasteiger partial charge >= 0.3 is 5.00 Å². The number of rotatable bonds is 5. The van der Waals surface area contributed by atoms with E-state index >= 15 is 0 Å². The van der Waals surface area contributed by atoms with Gasteiger partial charge in [-0.15, -0.1) is 0 Å². The Morgan fingerprint density at radius 3 is 2.70 bits per heavy atom. The highest BCUT2D eigenvalue weighted by Crippen LogP contribution is 2.27. The third-order valence-electron chi connectivity index (χ3n) is 3.78. The van der Waals surface area contributed by atoms with Gasteiger partial charge in [-0.05, 0) is 24.8 Å². The van der Waals surface area contributed by atoms with Crippen molar-refractivity contribution in [2.24, 2.45) is 11.7 Å². The molecule has 0 saturated heterocycles. The van der Waals surface area contributed by atoms with Crippen LogP contribution < -0.4 is 11.1 Å². The SMILES string of the molecule is NCC(NC(=O)c1ccc([N+](=O)[O-])s1)C1CCCCC1. The molecular formula is C13H19N3O3S. The number of hydrogen-bond donors (Lipinski definition) is 2. The molecule has 1 fully saturated rings. The third kappa shape index (κ3) is 3.55. The molecule has 110 valence electrons. The molecular weight excluding hydrogens is 278 g/mol. The molecule has 20 heavy (non-hydrogen) atoms. The van der Waals surface area contributed by atoms with Crippen LogP contribution in [0.25, 0.3) is 0 Å². The van der Waals surface area contributed by atoms with Crippen molar-refractivity contribution in [2.75, 3.05) is 6.54 Å². The molecule has 1 atom stereocenters. The number of carbonyl (C=O) groups is 1. The Balaban J connectivity index is 1.98. The zero-order chi connectivity index (χ0) is 14.5. The van der Waals surface area contributed by atoms with Gasteiger partial charge in [0.15, 0.2) is 0 Å². The molecule has 1 heterocycles. The lowest BCUT2D eigenvalue weighted by Crippen LogP contribution is -2.45. The molecule has 3 N–H and O–H groups in total. The zero-order valence-electron chi connectivity index (χ0n) is 11.2. The first-order chi connectivity index (χ1) is 9.61. The Hall–Kier alpha value is -1.47. The maximum absolute atomic E-state index is 12.1. The maximum Gasteiger partial charge on any atom is 0.324 e. The highest BCUT2D eigenvalue weighted by molar-refractivity contribution is 7.17. The molecule has 7 heteroatoms. The van der Waals surface area contributed by atoms with Crippen LogP contribution in [0.15, 0.2) is 12.1 Å². The second kappa shape index (κ2) is 6.81. The summed E-state index contributed by atoms with van der Waals surface area (Å²) < 4.78 is 0. The number of nitrogens with one attached hydrogen (secondary N) is 1. The molecule has 0 aromatic carbocycles. The first-order valence-electron chi connectivity index (χ1n) is 6.87. The summed E-state index contributed by atoms with van der Waals surface area (Å²) in [6.45, 7) is 0.407. The maximum atomic E-state index is 12.1. The summed E-state index contributed by atoms with van der Waals surface area (Å²) in [7, 11) is 0. The van der Waals surface area contributed by atoms with E-state index in [4.69, 9.17) is 5.73 Å². The standard InChI is InChI=1S/C13H19N3O3S/c14-8-10(9-4-2-1-3-5-9)15-13(17)11-6-7-12(20-11)16(18)19/h6-7,9-10H,1-5,8,14H2,(H,15,17). The number of nitrogens with two attached hydrogens (primary N) is 1. The Morgan fingerprint density at radius 1 is 1.45 bits per heavy atom. The molecule has 0 aliphatic heterocycles. The van der Waals surface area contributed by atoms with Crippen LogP contribution in [0.4, 0.5) is 5.00 Å². The molecule has 0 bridgehead atoms. The smallest absolute Gasteiger partial charge is 0.324 e. The summed E-state index contributed by atoms with van der Waals surface area (Å²) in [5.74, 6) is 0.164. The van der Waals surface area contributed by atoms with Gasteiger partial charge in [0.05, 0.1) is 9.80 Å². The van der Waals surface area contributed by atoms with Gasteiger partial charge < -0.3 is 11.1 Å². The van der Waals surface area contributed by atoms with Crippen molar-refractivity contribution < 1.29 is 9.72 Å². The molecule has 0 spiro atoms. The highest BCUT2D eigenvalue weighted by Gasteiger charge is 2.25. The number of nitrogens with zero attached hydrogens (tertiary/aromatic N) is 1. The number of nitro groups is 1. The summed E-state index contributed by atoms with van der Waals surface area (Å²) in [5.41, 5.74) is 5.76. The minimum Gasteiger partial charge on any atom is -0.347 e. The van der Waals surface area contributed by atoms with Gasteiger partial charge in [-0.3, -0.25) is 14.9 Å². The van der Waals surface area contributed by atoms with E-state index in [1.54, 1.807) is 0 Å². The Bertz CT molecular complexity index is 483. The van der Waals surface area contributed by atoms with E-state index < -0.39 is 4.92 Å². The quantitative estimate of drug-likeness (QED) is 0.643. The van der Waals surface area contributed by atoms with E-state index in [0.29, 0.717) is 17.3 Å². The fourth-order valence-electron chi connectivity index (χ4n) is 2.69. The van der Waals surface area contributed by atoms with Crippen molar-refractivity contribution in [1.29, 1.82) is 0 Å². The molecule has 1 aromatic heterocycles. The predicted molar refractivity (Wildman–Crippen MR) is 77.9 cm³/mol. The number of carbonyl (C=O) groups excluding carboxylic acids is 1. The predicted octanol–water partition coefficient (Wildman–Crippen LogP) is 2.29. The Labute approximate surface area is 121 Å². The molecule has 6 nitrogen and oxygen atoms in total. The highest BCUT2D eigenvalue weighted by atomic mass is 32.1. The second-order valence-corrected chi connectivity index (χ2v) is 6.17. The summed E-state index contributed by atoms with van der Waals surface area (Å²) in [4.78, 5) is 22.6. The Kier molecular flexibility index (Phi) is 5.08. The minimum atomic E-state index is -0.483. The average Bonchev–Trinajstić information content (AvgIpc) is 2.95. The van der Waals surface area contributed by atoms with E-state index in [1.807, 2.05) is 0 Å². The monoisotopic (exact) mass is 297 g/mol. The van der Waals surface area contributed by atoms with Gasteiger partial charge in [0.1, 0.15) is 0 Å². The lowest BCUT2D eigenvalue weighted by atomic mass is 9.84. The summed E-state index contributed by atoms with van der Waals surface area (Å²) in [5, 5.41) is 13.5. The lowest BCUT2D eigenvalue weighted by Gasteiger charge is -2.29. The summed E-state index contributed by atoms with van der Waals surface area (Å²) in [6, 6.07) is 2.81. The largest absolute Gasteiger partial charge is 0.347 e.